The number of hydrogen-bond donors (Lipinski definition) is 6. The first-order chi connectivity index (χ1) is 34.1. The van der Waals surface area contributed by atoms with E-state index in [0.717, 1.165) is 71.8 Å². The van der Waals surface area contributed by atoms with Crippen LogP contribution in [-0.2, 0) is 38.5 Å². The van der Waals surface area contributed by atoms with Gasteiger partial charge in [0, 0.05) is 66.8 Å². The Hall–Kier alpha value is -6.22. The van der Waals surface area contributed by atoms with Gasteiger partial charge in [0.25, 0.3) is 5.91 Å². The average Bonchev–Trinajstić information content (AvgIpc) is 4.10. The number of ether oxygens (including phenoxy) is 6. The monoisotopic (exact) mass is 951 g/mol. The maximum atomic E-state index is 15.2. The molecule has 15 heteroatoms. The molecule has 8 bridgehead atoms. The molecule has 1 amide bonds. The lowest BCUT2D eigenvalue weighted by Gasteiger charge is -2.47. The number of methoxy groups -OCH3 is 2. The van der Waals surface area contributed by atoms with Gasteiger partial charge in [0.1, 0.15) is 41.7 Å². The van der Waals surface area contributed by atoms with Crippen LogP contribution in [0.5, 0.6) is 17.2 Å². The second-order valence-corrected chi connectivity index (χ2v) is 19.3. The van der Waals surface area contributed by atoms with Crippen molar-refractivity contribution in [3.05, 3.63) is 111 Å². The number of aliphatic hydroxyl groups excluding tert-OH is 2. The van der Waals surface area contributed by atoms with Crippen molar-refractivity contribution in [2.45, 2.75) is 93.8 Å². The Balaban J connectivity index is 1.12. The number of aromatic amines is 1. The molecule has 364 valence electrons. The third kappa shape index (κ3) is 7.83. The fraction of sp³-hybridized carbons (Fsp3) is 0.418. The van der Waals surface area contributed by atoms with E-state index < -0.39 is 48.7 Å². The van der Waals surface area contributed by atoms with Crippen LogP contribution in [0.2, 0.25) is 0 Å². The standard InChI is InChI=1S/C55H57N3O12/c1-65-20-4-3-19-56-24-30-13-17-41-37(22-30)39(25-57-41)43-18-16-36-44(66-2)23-38-34-15-14-32-9-5-11-33(32)46(34)48-42(60)27-58-26-40-31(8-6-12-35(40)53(58)63)10-7-21-67-52-49(61)45(28-68-43)69-54(55(52,64)29-59)70-51(36)47(38)50(48)62/h6,8,12-18,22-23,25,32-33,43,45,49,52,54,56-57,59,61-62,64H,3-5,9-11,19-20,24,26-29H2,1-2H3/b18-16+/t32-,33+,43-,45-,49-,52+,54-,55-/m1/s1. The number of amides is 1. The highest BCUT2D eigenvalue weighted by Gasteiger charge is 2.59. The van der Waals surface area contributed by atoms with Crippen LogP contribution in [0.4, 0.5) is 0 Å². The third-order valence-electron chi connectivity index (χ3n) is 15.2. The first-order valence-corrected chi connectivity index (χ1v) is 24.2. The molecule has 5 heterocycles. The maximum Gasteiger partial charge on any atom is 0.254 e. The van der Waals surface area contributed by atoms with Crippen LogP contribution < -0.4 is 14.8 Å². The average molecular weight is 952 g/mol. The number of carbonyl (C=O) groups excluding carboxylic acids is 2. The van der Waals surface area contributed by atoms with E-state index in [4.69, 9.17) is 28.4 Å². The number of carbonyl (C=O) groups is 2. The van der Waals surface area contributed by atoms with Gasteiger partial charge in [-0.05, 0) is 102 Å². The molecule has 1 saturated heterocycles. The highest BCUT2D eigenvalue weighted by molar-refractivity contribution is 6.14. The molecule has 0 radical (unpaired) electrons. The zero-order chi connectivity index (χ0) is 48.3. The van der Waals surface area contributed by atoms with E-state index in [1.54, 1.807) is 25.3 Å². The molecule has 4 aromatic carbocycles. The number of Topliss-reactive ketones (excluding diaryl/α,β-unsaturated/α-hetero) is 1. The first-order valence-electron chi connectivity index (χ1n) is 24.2. The summed E-state index contributed by atoms with van der Waals surface area (Å²) in [6.45, 7) is 0.784. The number of aromatic hydroxyl groups is 1. The molecule has 6 N–H and O–H groups in total. The number of unbranched alkanes of at least 4 members (excludes halogenated alkanes) is 1. The molecule has 1 saturated carbocycles. The van der Waals surface area contributed by atoms with Crippen LogP contribution in [0, 0.1) is 17.9 Å². The smallest absolute Gasteiger partial charge is 0.254 e. The van der Waals surface area contributed by atoms with Crippen LogP contribution >= 0.6 is 0 Å². The van der Waals surface area contributed by atoms with Crippen LogP contribution in [-0.4, -0.2) is 119 Å². The van der Waals surface area contributed by atoms with Crippen molar-refractivity contribution in [1.29, 1.82) is 0 Å². The van der Waals surface area contributed by atoms with Crippen LogP contribution in [0.1, 0.15) is 104 Å². The molecule has 2 fully saturated rings. The summed E-state index contributed by atoms with van der Waals surface area (Å²) < 4.78 is 37.5. The Kier molecular flexibility index (Phi) is 12.4. The third-order valence-corrected chi connectivity index (χ3v) is 15.2. The van der Waals surface area contributed by atoms with Gasteiger partial charge in [0.15, 0.2) is 17.5 Å². The fourth-order valence-electron chi connectivity index (χ4n) is 11.5. The van der Waals surface area contributed by atoms with Crippen molar-refractivity contribution in [3.63, 3.8) is 0 Å². The highest BCUT2D eigenvalue weighted by Crippen LogP contribution is 2.55. The number of allylic oxidation sites excluding steroid dienone is 1. The van der Waals surface area contributed by atoms with Gasteiger partial charge in [-0.15, -0.1) is 0 Å². The topological polar surface area (TPSA) is 202 Å². The van der Waals surface area contributed by atoms with E-state index in [-0.39, 0.29) is 66.3 Å². The molecule has 2 aliphatic carbocycles. The van der Waals surface area contributed by atoms with Gasteiger partial charge < -0.3 is 64.0 Å². The van der Waals surface area contributed by atoms with E-state index >= 15 is 4.79 Å². The maximum absolute atomic E-state index is 15.2. The van der Waals surface area contributed by atoms with Gasteiger partial charge in [-0.25, -0.2) is 0 Å². The van der Waals surface area contributed by atoms with Crippen LogP contribution in [0.25, 0.3) is 33.8 Å². The summed E-state index contributed by atoms with van der Waals surface area (Å²) in [4.78, 5) is 34.1. The van der Waals surface area contributed by atoms with Crippen molar-refractivity contribution in [2.24, 2.45) is 5.92 Å². The Bertz CT molecular complexity index is 3020. The summed E-state index contributed by atoms with van der Waals surface area (Å²) in [6, 6.07) is 13.3. The Morgan fingerprint density at radius 2 is 1.90 bits per heavy atom. The minimum Gasteiger partial charge on any atom is -0.506 e. The van der Waals surface area contributed by atoms with Gasteiger partial charge >= 0.3 is 0 Å². The number of H-pyrrole nitrogens is 1. The van der Waals surface area contributed by atoms with Crippen LogP contribution in [0.15, 0.2) is 60.8 Å². The number of phenolic OH excluding ortho intramolecular Hbond substituents is 1. The van der Waals surface area contributed by atoms with Crippen molar-refractivity contribution < 1.29 is 58.4 Å². The number of fused-ring (bicyclic) bond motifs is 10. The zero-order valence-electron chi connectivity index (χ0n) is 39.2. The number of aromatic nitrogens is 1. The largest absolute Gasteiger partial charge is 0.506 e. The molecular weight excluding hydrogens is 895 g/mol. The Morgan fingerprint density at radius 1 is 1.03 bits per heavy atom. The molecule has 0 spiro atoms. The number of benzene rings is 4. The SMILES string of the molecule is COCCCCNCc1ccc2[nH]cc([C@H]3/C=C/c4c(OC)cc5c6c(c7c(O)c5c4O[C@H]4O[C@H](CO3)[C@@H](O)[C@H](OC#CCc3cccc5c3CN(CC7=O)C5=O)[C@]4(O)CO)[C@H]3CCC[C@@H]3C=C6)c2c1. The molecule has 5 aromatic rings. The van der Waals surface area contributed by atoms with Crippen molar-refractivity contribution in [3.8, 4) is 29.3 Å². The summed E-state index contributed by atoms with van der Waals surface area (Å²) in [5.41, 5.74) is 3.94. The number of nitrogens with one attached hydrogen (secondary N) is 2. The van der Waals surface area contributed by atoms with Gasteiger partial charge in [-0.3, -0.25) is 9.59 Å². The minimum atomic E-state index is -2.47. The Labute approximate surface area is 405 Å². The molecule has 8 atom stereocenters. The first kappa shape index (κ1) is 46.2. The van der Waals surface area contributed by atoms with E-state index in [0.29, 0.717) is 46.5 Å². The van der Waals surface area contributed by atoms with Gasteiger partial charge in [0.05, 0.1) is 43.4 Å². The lowest BCUT2D eigenvalue weighted by molar-refractivity contribution is -0.328. The molecule has 6 aliphatic rings. The second-order valence-electron chi connectivity index (χ2n) is 19.3. The molecule has 11 rings (SSSR count). The lowest BCUT2D eigenvalue weighted by atomic mass is 9.75. The summed E-state index contributed by atoms with van der Waals surface area (Å²) in [6.07, 6.45) is 9.93. The quantitative estimate of drug-likeness (QED) is 0.0686. The molecule has 15 nitrogen and oxygen atoms in total. The summed E-state index contributed by atoms with van der Waals surface area (Å²) >= 11 is 0. The molecule has 1 aromatic heterocycles. The normalized spacial score (nSPS) is 27.2. The molecular formula is C55H57N3O12. The zero-order valence-corrected chi connectivity index (χ0v) is 39.2. The van der Waals surface area contributed by atoms with Gasteiger partial charge in [-0.2, -0.15) is 0 Å². The number of hydrogen-bond acceptors (Lipinski definition) is 13. The highest BCUT2D eigenvalue weighted by atomic mass is 16.7. The van der Waals surface area contributed by atoms with Gasteiger partial charge in [0.2, 0.25) is 6.29 Å². The molecule has 70 heavy (non-hydrogen) atoms. The Morgan fingerprint density at radius 3 is 2.74 bits per heavy atom. The summed E-state index contributed by atoms with van der Waals surface area (Å²) in [5.74, 6) is 2.22. The van der Waals surface area contributed by atoms with Gasteiger partial charge in [-0.1, -0.05) is 48.8 Å². The number of phenols is 1. The van der Waals surface area contributed by atoms with E-state index in [9.17, 15) is 25.2 Å². The van der Waals surface area contributed by atoms with E-state index in [2.05, 4.69) is 40.5 Å². The molecule has 4 aliphatic heterocycles. The second kappa shape index (κ2) is 18.8. The fourth-order valence-corrected chi connectivity index (χ4v) is 11.5. The van der Waals surface area contributed by atoms with Crippen molar-refractivity contribution in [2.75, 3.05) is 47.1 Å². The number of ketones is 1. The summed E-state index contributed by atoms with van der Waals surface area (Å²) in [5, 5.41) is 54.0. The summed E-state index contributed by atoms with van der Waals surface area (Å²) in [7, 11) is 3.22. The number of nitrogens with zero attached hydrogens (tertiary/aromatic N) is 1. The minimum absolute atomic E-state index is 0.0346. The predicted octanol–water partition coefficient (Wildman–Crippen LogP) is 6.18. The molecule has 0 unspecified atom stereocenters. The number of rotatable bonds is 10. The van der Waals surface area contributed by atoms with Crippen molar-refractivity contribution >= 4 is 45.5 Å². The van der Waals surface area contributed by atoms with Crippen molar-refractivity contribution in [1.82, 2.24) is 15.2 Å². The van der Waals surface area contributed by atoms with Crippen LogP contribution in [0.3, 0.4) is 0 Å². The predicted molar refractivity (Wildman–Crippen MR) is 259 cm³/mol. The lowest BCUT2D eigenvalue weighted by Crippen LogP contribution is -2.70. The van der Waals surface area contributed by atoms with E-state index in [1.807, 2.05) is 36.5 Å². The number of aliphatic hydroxyl groups is 3. The van der Waals surface area contributed by atoms with E-state index in [1.165, 1.54) is 12.0 Å².